The van der Waals surface area contributed by atoms with E-state index in [9.17, 15) is 9.90 Å². The summed E-state index contributed by atoms with van der Waals surface area (Å²) < 4.78 is 0. The van der Waals surface area contributed by atoms with E-state index in [2.05, 4.69) is 0 Å². The van der Waals surface area contributed by atoms with Crippen LogP contribution in [0, 0.1) is 0 Å². The van der Waals surface area contributed by atoms with Crippen LogP contribution in [0.1, 0.15) is 22.2 Å². The van der Waals surface area contributed by atoms with Crippen LogP contribution in [0.5, 0.6) is 0 Å². The smallest absolute Gasteiger partial charge is 0.337 e. The van der Waals surface area contributed by atoms with Crippen LogP contribution in [0.3, 0.4) is 0 Å². The average molecular weight is 276 g/mol. The fourth-order valence-electron chi connectivity index (χ4n) is 1.95. The van der Waals surface area contributed by atoms with Gasteiger partial charge in [-0.05, 0) is 36.6 Å². The minimum absolute atomic E-state index is 0.285. The molecule has 2 aromatic rings. The van der Waals surface area contributed by atoms with Crippen LogP contribution < -0.4 is 10.6 Å². The van der Waals surface area contributed by atoms with Crippen molar-refractivity contribution in [3.05, 3.63) is 46.2 Å². The number of anilines is 2. The normalized spacial score (nSPS) is 10.4. The van der Waals surface area contributed by atoms with Crippen molar-refractivity contribution in [2.75, 3.05) is 17.2 Å². The fourth-order valence-corrected chi connectivity index (χ4v) is 2.67. The van der Waals surface area contributed by atoms with Gasteiger partial charge in [0.2, 0.25) is 0 Å². The van der Waals surface area contributed by atoms with Crippen molar-refractivity contribution in [2.45, 2.75) is 13.5 Å². The lowest BCUT2D eigenvalue weighted by Gasteiger charge is -2.24. The Hall–Kier alpha value is -2.01. The van der Waals surface area contributed by atoms with Crippen molar-refractivity contribution in [2.24, 2.45) is 0 Å². The van der Waals surface area contributed by atoms with Gasteiger partial charge in [0.25, 0.3) is 0 Å². The summed E-state index contributed by atoms with van der Waals surface area (Å²) in [6.45, 7) is 3.42. The summed E-state index contributed by atoms with van der Waals surface area (Å²) in [7, 11) is 0. The molecule has 0 amide bonds. The van der Waals surface area contributed by atoms with Gasteiger partial charge in [0.15, 0.2) is 0 Å². The average Bonchev–Trinajstić information content (AvgIpc) is 2.88. The molecule has 0 atom stereocenters. The molecule has 4 nitrogen and oxygen atoms in total. The number of nitrogens with two attached hydrogens (primary N) is 1. The summed E-state index contributed by atoms with van der Waals surface area (Å²) in [5.74, 6) is -0.931. The molecule has 0 saturated heterocycles. The number of carboxylic acids is 1. The molecule has 0 radical (unpaired) electrons. The van der Waals surface area contributed by atoms with E-state index in [1.807, 2.05) is 29.3 Å². The zero-order valence-electron chi connectivity index (χ0n) is 10.7. The van der Waals surface area contributed by atoms with Gasteiger partial charge >= 0.3 is 5.97 Å². The Morgan fingerprint density at radius 2 is 2.21 bits per heavy atom. The molecule has 0 spiro atoms. The van der Waals surface area contributed by atoms with E-state index in [1.54, 1.807) is 29.5 Å². The second kappa shape index (κ2) is 5.75. The van der Waals surface area contributed by atoms with Gasteiger partial charge in [-0.15, -0.1) is 11.3 Å². The maximum absolute atomic E-state index is 11.3. The number of hydrogen-bond acceptors (Lipinski definition) is 4. The summed E-state index contributed by atoms with van der Waals surface area (Å²) in [5.41, 5.74) is 7.30. The first-order valence-electron chi connectivity index (χ1n) is 6.02. The Bertz CT molecular complexity index is 567. The highest BCUT2D eigenvalue weighted by Crippen LogP contribution is 2.26. The highest BCUT2D eigenvalue weighted by atomic mass is 32.1. The van der Waals surface area contributed by atoms with E-state index in [4.69, 9.17) is 5.73 Å². The molecule has 0 aliphatic heterocycles. The van der Waals surface area contributed by atoms with Crippen LogP contribution in [0.25, 0.3) is 0 Å². The van der Waals surface area contributed by atoms with Gasteiger partial charge in [-0.3, -0.25) is 0 Å². The number of aromatic carboxylic acids is 1. The summed E-state index contributed by atoms with van der Waals surface area (Å²) in [4.78, 5) is 14.5. The van der Waals surface area contributed by atoms with Gasteiger partial charge in [0, 0.05) is 17.1 Å². The zero-order chi connectivity index (χ0) is 13.8. The third kappa shape index (κ3) is 3.06. The van der Waals surface area contributed by atoms with E-state index < -0.39 is 5.97 Å². The first-order chi connectivity index (χ1) is 9.11. The Labute approximate surface area is 116 Å². The summed E-state index contributed by atoms with van der Waals surface area (Å²) in [6, 6.07) is 8.93. The molecule has 1 aromatic heterocycles. The lowest BCUT2D eigenvalue weighted by Crippen LogP contribution is -2.24. The van der Waals surface area contributed by atoms with Crippen molar-refractivity contribution in [1.82, 2.24) is 0 Å². The molecule has 0 aliphatic rings. The first-order valence-corrected chi connectivity index (χ1v) is 6.90. The summed E-state index contributed by atoms with van der Waals surface area (Å²) >= 11 is 1.66. The number of thiophene rings is 1. The standard InChI is InChI=1S/C14H16N2O2S/c1-2-16(9-11-4-3-7-19-11)13-8-10(15)5-6-12(13)14(17)18/h3-8H,2,9,15H2,1H3,(H,17,18). The zero-order valence-corrected chi connectivity index (χ0v) is 11.5. The van der Waals surface area contributed by atoms with Gasteiger partial charge in [-0.25, -0.2) is 4.79 Å². The molecule has 0 bridgehead atoms. The Balaban J connectivity index is 2.36. The molecule has 0 aliphatic carbocycles. The quantitative estimate of drug-likeness (QED) is 0.824. The second-order valence-corrected chi connectivity index (χ2v) is 5.21. The van der Waals surface area contributed by atoms with Crippen molar-refractivity contribution >= 4 is 28.7 Å². The fraction of sp³-hybridized carbons (Fsp3) is 0.214. The number of nitrogens with zero attached hydrogens (tertiary/aromatic N) is 1. The largest absolute Gasteiger partial charge is 0.478 e. The molecule has 1 aromatic carbocycles. The topological polar surface area (TPSA) is 66.6 Å². The van der Waals surface area contributed by atoms with E-state index in [-0.39, 0.29) is 5.56 Å². The van der Waals surface area contributed by atoms with Gasteiger partial charge in [0.1, 0.15) is 0 Å². The number of rotatable bonds is 5. The van der Waals surface area contributed by atoms with Crippen LogP contribution in [0.4, 0.5) is 11.4 Å². The molecule has 19 heavy (non-hydrogen) atoms. The van der Waals surface area contributed by atoms with E-state index in [0.29, 0.717) is 17.9 Å². The number of nitrogen functional groups attached to an aromatic ring is 1. The Morgan fingerprint density at radius 1 is 1.42 bits per heavy atom. The number of carbonyl (C=O) groups is 1. The van der Waals surface area contributed by atoms with Crippen LogP contribution in [-0.4, -0.2) is 17.6 Å². The lowest BCUT2D eigenvalue weighted by atomic mass is 10.1. The first kappa shape index (κ1) is 13.4. The summed E-state index contributed by atoms with van der Waals surface area (Å²) in [6.07, 6.45) is 0. The molecule has 0 unspecified atom stereocenters. The van der Waals surface area contributed by atoms with E-state index >= 15 is 0 Å². The van der Waals surface area contributed by atoms with Crippen molar-refractivity contribution in [3.63, 3.8) is 0 Å². The third-order valence-corrected chi connectivity index (χ3v) is 3.76. The SMILES string of the molecule is CCN(Cc1cccs1)c1cc(N)ccc1C(=O)O. The molecule has 100 valence electrons. The Morgan fingerprint density at radius 3 is 2.79 bits per heavy atom. The van der Waals surface area contributed by atoms with Crippen LogP contribution >= 0.6 is 11.3 Å². The predicted molar refractivity (Wildman–Crippen MR) is 78.9 cm³/mol. The highest BCUT2D eigenvalue weighted by molar-refractivity contribution is 7.09. The van der Waals surface area contributed by atoms with Crippen molar-refractivity contribution in [3.8, 4) is 0 Å². The van der Waals surface area contributed by atoms with E-state index in [1.165, 1.54) is 4.88 Å². The minimum atomic E-state index is -0.931. The van der Waals surface area contributed by atoms with Crippen LogP contribution in [0.15, 0.2) is 35.7 Å². The van der Waals surface area contributed by atoms with Gasteiger partial charge in [0.05, 0.1) is 17.8 Å². The van der Waals surface area contributed by atoms with E-state index in [0.717, 1.165) is 6.54 Å². The predicted octanol–water partition coefficient (Wildman–Crippen LogP) is 3.05. The molecule has 0 fully saturated rings. The maximum Gasteiger partial charge on any atom is 0.337 e. The monoisotopic (exact) mass is 276 g/mol. The Kier molecular flexibility index (Phi) is 4.06. The van der Waals surface area contributed by atoms with Crippen molar-refractivity contribution in [1.29, 1.82) is 0 Å². The molecule has 5 heteroatoms. The lowest BCUT2D eigenvalue weighted by molar-refractivity contribution is 0.0697. The van der Waals surface area contributed by atoms with Gasteiger partial charge in [-0.1, -0.05) is 6.07 Å². The minimum Gasteiger partial charge on any atom is -0.478 e. The number of benzene rings is 1. The molecular formula is C14H16N2O2S. The second-order valence-electron chi connectivity index (χ2n) is 4.18. The van der Waals surface area contributed by atoms with Crippen molar-refractivity contribution < 1.29 is 9.90 Å². The summed E-state index contributed by atoms with van der Waals surface area (Å²) in [5, 5.41) is 11.3. The van der Waals surface area contributed by atoms with Crippen LogP contribution in [0.2, 0.25) is 0 Å². The highest BCUT2D eigenvalue weighted by Gasteiger charge is 2.16. The maximum atomic E-state index is 11.3. The number of hydrogen-bond donors (Lipinski definition) is 2. The van der Waals surface area contributed by atoms with Gasteiger partial charge in [-0.2, -0.15) is 0 Å². The molecule has 3 N–H and O–H groups in total. The van der Waals surface area contributed by atoms with Crippen LogP contribution in [-0.2, 0) is 6.54 Å². The number of carboxylic acid groups (broad SMARTS) is 1. The van der Waals surface area contributed by atoms with Gasteiger partial charge < -0.3 is 15.7 Å². The molecular weight excluding hydrogens is 260 g/mol. The molecule has 1 heterocycles. The third-order valence-electron chi connectivity index (χ3n) is 2.90. The molecule has 0 saturated carbocycles. The molecule has 2 rings (SSSR count).